The molecule has 1 nitrogen and oxygen atoms in total. The summed E-state index contributed by atoms with van der Waals surface area (Å²) in [4.78, 5) is 0. The summed E-state index contributed by atoms with van der Waals surface area (Å²) in [6, 6.07) is 4.78. The Hall–Kier alpha value is -0.890. The summed E-state index contributed by atoms with van der Waals surface area (Å²) >= 11 is 0. The van der Waals surface area contributed by atoms with Gasteiger partial charge in [-0.1, -0.05) is 32.8 Å². The molecule has 2 heteroatoms. The Labute approximate surface area is 96.3 Å². The van der Waals surface area contributed by atoms with E-state index in [4.69, 9.17) is 0 Å². The number of fused-ring (bicyclic) bond motifs is 1. The van der Waals surface area contributed by atoms with Gasteiger partial charge in [0, 0.05) is 0 Å². The largest absolute Gasteiger partial charge is 0.385 e. The molecule has 0 fully saturated rings. The second kappa shape index (κ2) is 4.17. The minimum absolute atomic E-state index is 0.201. The molecule has 1 unspecified atom stereocenters. The van der Waals surface area contributed by atoms with Crippen molar-refractivity contribution in [1.29, 1.82) is 0 Å². The Kier molecular flexibility index (Phi) is 3.02. The van der Waals surface area contributed by atoms with Gasteiger partial charge in [-0.05, 0) is 42.0 Å². The molecule has 0 heterocycles. The zero-order valence-electron chi connectivity index (χ0n) is 9.96. The minimum atomic E-state index is -0.730. The van der Waals surface area contributed by atoms with Gasteiger partial charge in [-0.2, -0.15) is 0 Å². The minimum Gasteiger partial charge on any atom is -0.385 e. The highest BCUT2D eigenvalue weighted by molar-refractivity contribution is 5.38. The molecule has 0 aliphatic heterocycles. The van der Waals surface area contributed by atoms with E-state index in [-0.39, 0.29) is 11.7 Å². The molecule has 0 aromatic heterocycles. The van der Waals surface area contributed by atoms with Crippen LogP contribution < -0.4 is 0 Å². The maximum Gasteiger partial charge on any atom is 0.123 e. The lowest BCUT2D eigenvalue weighted by Gasteiger charge is -2.32. The molecule has 1 aromatic carbocycles. The van der Waals surface area contributed by atoms with Crippen LogP contribution in [0.2, 0.25) is 0 Å². The summed E-state index contributed by atoms with van der Waals surface area (Å²) in [5.41, 5.74) is 1.20. The molecule has 0 saturated carbocycles. The van der Waals surface area contributed by atoms with Crippen molar-refractivity contribution in [3.05, 3.63) is 35.1 Å². The van der Waals surface area contributed by atoms with Crippen LogP contribution in [0.3, 0.4) is 0 Å². The molecular weight excluding hydrogens is 203 g/mol. The van der Waals surface area contributed by atoms with Gasteiger partial charge >= 0.3 is 0 Å². The van der Waals surface area contributed by atoms with E-state index >= 15 is 0 Å². The van der Waals surface area contributed by atoms with Crippen LogP contribution in [0.1, 0.15) is 44.2 Å². The van der Waals surface area contributed by atoms with E-state index in [9.17, 15) is 9.50 Å². The second-order valence-corrected chi connectivity index (χ2v) is 4.74. The molecule has 0 radical (unpaired) electrons. The highest BCUT2D eigenvalue weighted by Crippen LogP contribution is 2.44. The average Bonchev–Trinajstić information content (AvgIpc) is 2.58. The van der Waals surface area contributed by atoms with Crippen LogP contribution in [0.4, 0.5) is 4.39 Å². The number of aryl methyl sites for hydroxylation is 1. The van der Waals surface area contributed by atoms with E-state index in [0.29, 0.717) is 0 Å². The standard InChI is InChI=1S/C14H19FO/c1-3-11(4-2)14(16)8-7-10-9-12(15)5-6-13(10)14/h5-6,9,11,16H,3-4,7-8H2,1-2H3. The van der Waals surface area contributed by atoms with Crippen LogP contribution in [0.25, 0.3) is 0 Å². The molecule has 0 bridgehead atoms. The van der Waals surface area contributed by atoms with Crippen LogP contribution in [0.5, 0.6) is 0 Å². The lowest BCUT2D eigenvalue weighted by atomic mass is 9.79. The molecule has 1 N–H and O–H groups in total. The van der Waals surface area contributed by atoms with Gasteiger partial charge in [0.1, 0.15) is 5.82 Å². The fraction of sp³-hybridized carbons (Fsp3) is 0.571. The molecular formula is C14H19FO. The molecule has 1 aliphatic carbocycles. The van der Waals surface area contributed by atoms with Gasteiger partial charge < -0.3 is 5.11 Å². The maximum atomic E-state index is 13.1. The van der Waals surface area contributed by atoms with Crippen molar-refractivity contribution in [2.24, 2.45) is 5.92 Å². The number of benzene rings is 1. The van der Waals surface area contributed by atoms with Crippen LogP contribution in [-0.2, 0) is 12.0 Å². The highest BCUT2D eigenvalue weighted by atomic mass is 19.1. The average molecular weight is 222 g/mol. The second-order valence-electron chi connectivity index (χ2n) is 4.74. The van der Waals surface area contributed by atoms with Gasteiger partial charge in [0.25, 0.3) is 0 Å². The fourth-order valence-electron chi connectivity index (χ4n) is 3.04. The Morgan fingerprint density at radius 3 is 2.69 bits per heavy atom. The van der Waals surface area contributed by atoms with Crippen LogP contribution in [0.15, 0.2) is 18.2 Å². The first-order valence-corrected chi connectivity index (χ1v) is 6.13. The van der Waals surface area contributed by atoms with Crippen LogP contribution in [0, 0.1) is 11.7 Å². The lowest BCUT2D eigenvalue weighted by Crippen LogP contribution is -2.32. The number of hydrogen-bond acceptors (Lipinski definition) is 1. The summed E-state index contributed by atoms with van der Waals surface area (Å²) in [5.74, 6) is 0.0757. The smallest absolute Gasteiger partial charge is 0.123 e. The maximum absolute atomic E-state index is 13.1. The zero-order valence-corrected chi connectivity index (χ0v) is 9.96. The van der Waals surface area contributed by atoms with Crippen molar-refractivity contribution in [2.45, 2.75) is 45.1 Å². The summed E-state index contributed by atoms with van der Waals surface area (Å²) in [6.45, 7) is 4.21. The van der Waals surface area contributed by atoms with Gasteiger partial charge in [-0.25, -0.2) is 4.39 Å². The number of halogens is 1. The third kappa shape index (κ3) is 1.65. The van der Waals surface area contributed by atoms with Gasteiger partial charge in [-0.3, -0.25) is 0 Å². The van der Waals surface area contributed by atoms with Crippen molar-refractivity contribution in [3.63, 3.8) is 0 Å². The molecule has 0 spiro atoms. The van der Waals surface area contributed by atoms with Crippen LogP contribution in [-0.4, -0.2) is 5.11 Å². The summed E-state index contributed by atoms with van der Waals surface area (Å²) < 4.78 is 13.1. The van der Waals surface area contributed by atoms with Gasteiger partial charge in [0.15, 0.2) is 0 Å². The van der Waals surface area contributed by atoms with Gasteiger partial charge in [-0.15, -0.1) is 0 Å². The highest BCUT2D eigenvalue weighted by Gasteiger charge is 2.41. The molecule has 2 rings (SSSR count). The van der Waals surface area contributed by atoms with Crippen molar-refractivity contribution in [3.8, 4) is 0 Å². The van der Waals surface area contributed by atoms with Crippen molar-refractivity contribution < 1.29 is 9.50 Å². The monoisotopic (exact) mass is 222 g/mol. The topological polar surface area (TPSA) is 20.2 Å². The third-order valence-electron chi connectivity index (χ3n) is 3.97. The summed E-state index contributed by atoms with van der Waals surface area (Å²) in [5, 5.41) is 10.8. The van der Waals surface area contributed by atoms with Crippen molar-refractivity contribution in [2.75, 3.05) is 0 Å². The predicted molar refractivity (Wildman–Crippen MR) is 62.7 cm³/mol. The van der Waals surface area contributed by atoms with Crippen LogP contribution >= 0.6 is 0 Å². The predicted octanol–water partition coefficient (Wildman–Crippen LogP) is 3.40. The van der Waals surface area contributed by atoms with Crippen molar-refractivity contribution in [1.82, 2.24) is 0 Å². The molecule has 88 valence electrons. The Balaban J connectivity index is 2.41. The number of aliphatic hydroxyl groups is 1. The Morgan fingerprint density at radius 2 is 2.06 bits per heavy atom. The first-order valence-electron chi connectivity index (χ1n) is 6.13. The van der Waals surface area contributed by atoms with E-state index in [1.54, 1.807) is 12.1 Å². The molecule has 1 aromatic rings. The van der Waals surface area contributed by atoms with Gasteiger partial charge in [0.2, 0.25) is 0 Å². The first-order chi connectivity index (χ1) is 7.61. The van der Waals surface area contributed by atoms with E-state index in [0.717, 1.165) is 36.8 Å². The Morgan fingerprint density at radius 1 is 1.38 bits per heavy atom. The summed E-state index contributed by atoms with van der Waals surface area (Å²) in [7, 11) is 0. The quantitative estimate of drug-likeness (QED) is 0.831. The first kappa shape index (κ1) is 11.6. The number of hydrogen-bond donors (Lipinski definition) is 1. The zero-order chi connectivity index (χ0) is 11.8. The third-order valence-corrected chi connectivity index (χ3v) is 3.97. The number of rotatable bonds is 3. The molecule has 0 saturated heterocycles. The van der Waals surface area contributed by atoms with Crippen molar-refractivity contribution >= 4 is 0 Å². The van der Waals surface area contributed by atoms with E-state index in [1.807, 2.05) is 0 Å². The van der Waals surface area contributed by atoms with E-state index in [1.165, 1.54) is 6.07 Å². The molecule has 16 heavy (non-hydrogen) atoms. The molecule has 1 aliphatic rings. The SMILES string of the molecule is CCC(CC)C1(O)CCc2cc(F)ccc21. The molecule has 1 atom stereocenters. The Bertz CT molecular complexity index is 384. The van der Waals surface area contributed by atoms with E-state index < -0.39 is 5.60 Å². The fourth-order valence-corrected chi connectivity index (χ4v) is 3.04. The summed E-state index contributed by atoms with van der Waals surface area (Å²) in [6.07, 6.45) is 3.45. The molecule has 0 amide bonds. The normalized spacial score (nSPS) is 23.8. The van der Waals surface area contributed by atoms with E-state index in [2.05, 4.69) is 13.8 Å². The lowest BCUT2D eigenvalue weighted by molar-refractivity contribution is -0.0258. The van der Waals surface area contributed by atoms with Gasteiger partial charge in [0.05, 0.1) is 5.60 Å².